The first-order chi connectivity index (χ1) is 6.16. The smallest absolute Gasteiger partial charge is 0.261 e. The summed E-state index contributed by atoms with van der Waals surface area (Å²) in [6.07, 6.45) is -2.08. The molecule has 13 heavy (non-hydrogen) atoms. The Bertz CT molecular complexity index is 114. The van der Waals surface area contributed by atoms with Gasteiger partial charge in [0.05, 0.1) is 12.7 Å². The van der Waals surface area contributed by atoms with Crippen LogP contribution in [0.2, 0.25) is 0 Å². The molecule has 80 valence electrons. The lowest BCUT2D eigenvalue weighted by atomic mass is 10.3. The largest absolute Gasteiger partial charge is 0.392 e. The van der Waals surface area contributed by atoms with E-state index < -0.39 is 13.0 Å². The van der Waals surface area contributed by atoms with E-state index >= 15 is 0 Å². The third-order valence-electron chi connectivity index (χ3n) is 1.52. The maximum atomic E-state index is 11.5. The van der Waals surface area contributed by atoms with E-state index in [9.17, 15) is 8.78 Å². The predicted octanol–water partition coefficient (Wildman–Crippen LogP) is 0.629. The van der Waals surface area contributed by atoms with Crippen LogP contribution in [0.25, 0.3) is 0 Å². The Morgan fingerprint density at radius 1 is 1.46 bits per heavy atom. The molecule has 0 radical (unpaired) electrons. The summed E-state index contributed by atoms with van der Waals surface area (Å²) >= 11 is 0. The van der Waals surface area contributed by atoms with Crippen molar-refractivity contribution in [2.45, 2.75) is 25.9 Å². The fourth-order valence-electron chi connectivity index (χ4n) is 0.730. The summed E-state index contributed by atoms with van der Waals surface area (Å²) in [5, 5.41) is 12.0. The van der Waals surface area contributed by atoms with Gasteiger partial charge in [0.2, 0.25) is 0 Å². The molecule has 0 aromatic carbocycles. The highest BCUT2D eigenvalue weighted by Crippen LogP contribution is 1.91. The van der Waals surface area contributed by atoms with Gasteiger partial charge in [0.1, 0.15) is 6.61 Å². The van der Waals surface area contributed by atoms with Crippen molar-refractivity contribution in [1.82, 2.24) is 5.32 Å². The molecule has 0 saturated carbocycles. The summed E-state index contributed by atoms with van der Waals surface area (Å²) in [4.78, 5) is 0. The first-order valence-electron chi connectivity index (χ1n) is 4.41. The topological polar surface area (TPSA) is 41.5 Å². The number of alkyl halides is 2. The van der Waals surface area contributed by atoms with Crippen LogP contribution in [0, 0.1) is 0 Å². The molecule has 2 N–H and O–H groups in total. The molecule has 0 amide bonds. The third kappa shape index (κ3) is 9.66. The van der Waals surface area contributed by atoms with Crippen LogP contribution in [0.4, 0.5) is 8.78 Å². The summed E-state index contributed by atoms with van der Waals surface area (Å²) in [6, 6.07) is 0. The lowest BCUT2D eigenvalue weighted by Crippen LogP contribution is -2.29. The molecule has 0 saturated heterocycles. The SMILES string of the molecule is CCC(O)CNCCOCC(F)F. The normalized spacial score (nSPS) is 13.6. The quantitative estimate of drug-likeness (QED) is 0.561. The van der Waals surface area contributed by atoms with Crippen LogP contribution in [-0.2, 0) is 4.74 Å². The molecule has 5 heteroatoms. The Kier molecular flexibility index (Phi) is 8.18. The highest BCUT2D eigenvalue weighted by molar-refractivity contribution is 4.55. The number of halogens is 2. The molecule has 0 aromatic rings. The molecule has 3 nitrogen and oxygen atoms in total. The molecule has 0 spiro atoms. The average Bonchev–Trinajstić information content (AvgIpc) is 2.10. The maximum Gasteiger partial charge on any atom is 0.261 e. The van der Waals surface area contributed by atoms with E-state index in [0.29, 0.717) is 19.5 Å². The average molecular weight is 197 g/mol. The molecule has 0 heterocycles. The van der Waals surface area contributed by atoms with Gasteiger partial charge in [0.25, 0.3) is 6.43 Å². The van der Waals surface area contributed by atoms with Gasteiger partial charge in [-0.05, 0) is 6.42 Å². The molecule has 0 aliphatic heterocycles. The van der Waals surface area contributed by atoms with Gasteiger partial charge in [-0.15, -0.1) is 0 Å². The molecule has 0 aromatic heterocycles. The Morgan fingerprint density at radius 2 is 2.15 bits per heavy atom. The number of hydrogen-bond acceptors (Lipinski definition) is 3. The van der Waals surface area contributed by atoms with E-state index in [1.54, 1.807) is 0 Å². The van der Waals surface area contributed by atoms with Crippen molar-refractivity contribution in [3.05, 3.63) is 0 Å². The van der Waals surface area contributed by atoms with Gasteiger partial charge in [-0.3, -0.25) is 0 Å². The Morgan fingerprint density at radius 3 is 2.69 bits per heavy atom. The van der Waals surface area contributed by atoms with Crippen molar-refractivity contribution in [3.8, 4) is 0 Å². The fourth-order valence-corrected chi connectivity index (χ4v) is 0.730. The van der Waals surface area contributed by atoms with Gasteiger partial charge in [0, 0.05) is 13.1 Å². The zero-order chi connectivity index (χ0) is 10.1. The van der Waals surface area contributed by atoms with E-state index in [1.165, 1.54) is 0 Å². The Balaban J connectivity index is 2.99. The maximum absolute atomic E-state index is 11.5. The van der Waals surface area contributed by atoms with Gasteiger partial charge in [0.15, 0.2) is 0 Å². The summed E-state index contributed by atoms with van der Waals surface area (Å²) in [6.45, 7) is 2.58. The molecule has 0 aliphatic carbocycles. The van der Waals surface area contributed by atoms with E-state index in [-0.39, 0.29) is 12.7 Å². The summed E-state index contributed by atoms with van der Waals surface area (Å²) in [5.74, 6) is 0. The molecule has 1 atom stereocenters. The van der Waals surface area contributed by atoms with Crippen LogP contribution in [0.5, 0.6) is 0 Å². The van der Waals surface area contributed by atoms with Crippen molar-refractivity contribution >= 4 is 0 Å². The van der Waals surface area contributed by atoms with Crippen LogP contribution in [0.15, 0.2) is 0 Å². The highest BCUT2D eigenvalue weighted by atomic mass is 19.3. The van der Waals surface area contributed by atoms with Gasteiger partial charge < -0.3 is 15.2 Å². The summed E-state index contributed by atoms with van der Waals surface area (Å²) in [5.41, 5.74) is 0. The number of ether oxygens (including phenoxy) is 1. The minimum Gasteiger partial charge on any atom is -0.392 e. The minimum atomic E-state index is -2.40. The molecule has 0 rings (SSSR count). The second-order valence-corrected chi connectivity index (χ2v) is 2.73. The number of aliphatic hydroxyl groups excluding tert-OH is 1. The van der Waals surface area contributed by atoms with E-state index in [1.807, 2.05) is 6.92 Å². The second kappa shape index (κ2) is 8.34. The van der Waals surface area contributed by atoms with Crippen molar-refractivity contribution < 1.29 is 18.6 Å². The Labute approximate surface area is 77.1 Å². The van der Waals surface area contributed by atoms with Crippen molar-refractivity contribution in [2.24, 2.45) is 0 Å². The first kappa shape index (κ1) is 12.7. The molecular formula is C8H17F2NO2. The van der Waals surface area contributed by atoms with Crippen LogP contribution in [0.1, 0.15) is 13.3 Å². The summed E-state index contributed by atoms with van der Waals surface area (Å²) in [7, 11) is 0. The summed E-state index contributed by atoms with van der Waals surface area (Å²) < 4.78 is 27.7. The lowest BCUT2D eigenvalue weighted by molar-refractivity contribution is 0.0181. The van der Waals surface area contributed by atoms with E-state index in [4.69, 9.17) is 5.11 Å². The molecular weight excluding hydrogens is 180 g/mol. The van der Waals surface area contributed by atoms with Gasteiger partial charge >= 0.3 is 0 Å². The van der Waals surface area contributed by atoms with Crippen molar-refractivity contribution in [3.63, 3.8) is 0 Å². The molecule has 0 aliphatic rings. The fraction of sp³-hybridized carbons (Fsp3) is 1.00. The van der Waals surface area contributed by atoms with Crippen LogP contribution >= 0.6 is 0 Å². The van der Waals surface area contributed by atoms with Crippen molar-refractivity contribution in [1.29, 1.82) is 0 Å². The highest BCUT2D eigenvalue weighted by Gasteiger charge is 2.01. The minimum absolute atomic E-state index is 0.251. The van der Waals surface area contributed by atoms with E-state index in [2.05, 4.69) is 10.1 Å². The van der Waals surface area contributed by atoms with Crippen LogP contribution in [-0.4, -0.2) is 43.9 Å². The van der Waals surface area contributed by atoms with Crippen LogP contribution < -0.4 is 5.32 Å². The Hall–Kier alpha value is -0.260. The molecule has 0 fully saturated rings. The number of hydrogen-bond donors (Lipinski definition) is 2. The molecule has 0 bridgehead atoms. The number of aliphatic hydroxyl groups is 1. The van der Waals surface area contributed by atoms with Crippen LogP contribution in [0.3, 0.4) is 0 Å². The third-order valence-corrected chi connectivity index (χ3v) is 1.52. The van der Waals surface area contributed by atoms with Crippen molar-refractivity contribution in [2.75, 3.05) is 26.3 Å². The number of nitrogens with one attached hydrogen (secondary N) is 1. The first-order valence-corrected chi connectivity index (χ1v) is 4.41. The zero-order valence-electron chi connectivity index (χ0n) is 7.80. The second-order valence-electron chi connectivity index (χ2n) is 2.73. The predicted molar refractivity (Wildman–Crippen MR) is 46.0 cm³/mol. The van der Waals surface area contributed by atoms with Gasteiger partial charge in [-0.2, -0.15) is 0 Å². The molecule has 1 unspecified atom stereocenters. The van der Waals surface area contributed by atoms with Gasteiger partial charge in [-0.1, -0.05) is 6.92 Å². The lowest BCUT2D eigenvalue weighted by Gasteiger charge is -2.09. The monoisotopic (exact) mass is 197 g/mol. The number of rotatable bonds is 8. The van der Waals surface area contributed by atoms with E-state index in [0.717, 1.165) is 0 Å². The standard InChI is InChI=1S/C8H17F2NO2/c1-2-7(12)5-11-3-4-13-6-8(9)10/h7-8,11-12H,2-6H2,1H3. The van der Waals surface area contributed by atoms with Gasteiger partial charge in [-0.25, -0.2) is 8.78 Å². The zero-order valence-corrected chi connectivity index (χ0v) is 7.80.